The van der Waals surface area contributed by atoms with Gasteiger partial charge in [-0.05, 0) is 73.8 Å². The topological polar surface area (TPSA) is 38.7 Å². The van der Waals surface area contributed by atoms with Crippen molar-refractivity contribution in [3.05, 3.63) is 164 Å². The zero-order valence-electron chi connectivity index (χ0n) is 26.3. The SMILES string of the molecule is c1ccc(-c2cccc(-c3nc(-c4ccccc4)nc(-c4ccc5c(c4)c4ccccc4c4cc6c(cc54)sc4ccccc46)n3)c2)cc1. The highest BCUT2D eigenvalue weighted by Crippen LogP contribution is 2.42. The third-order valence-corrected chi connectivity index (χ3v) is 10.6. The van der Waals surface area contributed by atoms with E-state index in [0.29, 0.717) is 17.5 Å². The molecule has 3 nitrogen and oxygen atoms in total. The van der Waals surface area contributed by atoms with Gasteiger partial charge < -0.3 is 0 Å². The van der Waals surface area contributed by atoms with Gasteiger partial charge in [-0.3, -0.25) is 0 Å². The van der Waals surface area contributed by atoms with Gasteiger partial charge in [0.2, 0.25) is 0 Å². The predicted molar refractivity (Wildman–Crippen MR) is 207 cm³/mol. The number of aromatic nitrogens is 3. The number of rotatable bonds is 4. The zero-order valence-corrected chi connectivity index (χ0v) is 27.2. The molecule has 10 aromatic rings. The van der Waals surface area contributed by atoms with Crippen LogP contribution in [0.2, 0.25) is 0 Å². The highest BCUT2D eigenvalue weighted by atomic mass is 32.1. The molecule has 0 N–H and O–H groups in total. The lowest BCUT2D eigenvalue weighted by Crippen LogP contribution is -2.00. The first kappa shape index (κ1) is 27.8. The van der Waals surface area contributed by atoms with Crippen LogP contribution in [0, 0.1) is 0 Å². The second-order valence-electron chi connectivity index (χ2n) is 12.4. The smallest absolute Gasteiger partial charge is 0.164 e. The Morgan fingerprint density at radius 1 is 0.265 bits per heavy atom. The lowest BCUT2D eigenvalue weighted by atomic mass is 9.92. The van der Waals surface area contributed by atoms with E-state index >= 15 is 0 Å². The van der Waals surface area contributed by atoms with Crippen LogP contribution in [0.3, 0.4) is 0 Å². The molecule has 0 unspecified atom stereocenters. The number of hydrogen-bond acceptors (Lipinski definition) is 4. The highest BCUT2D eigenvalue weighted by molar-refractivity contribution is 7.25. The summed E-state index contributed by atoms with van der Waals surface area (Å²) >= 11 is 1.86. The summed E-state index contributed by atoms with van der Waals surface area (Å²) in [5.41, 5.74) is 5.14. The summed E-state index contributed by atoms with van der Waals surface area (Å²) in [7, 11) is 0. The van der Waals surface area contributed by atoms with Crippen molar-refractivity contribution >= 4 is 63.8 Å². The van der Waals surface area contributed by atoms with Gasteiger partial charge in [-0.15, -0.1) is 11.3 Å². The number of hydrogen-bond donors (Lipinski definition) is 0. The van der Waals surface area contributed by atoms with Crippen LogP contribution in [0.25, 0.3) is 97.8 Å². The minimum absolute atomic E-state index is 0.650. The Hall–Kier alpha value is -6.23. The van der Waals surface area contributed by atoms with Gasteiger partial charge in [0, 0.05) is 36.9 Å². The summed E-state index contributed by atoms with van der Waals surface area (Å²) in [6.45, 7) is 0. The zero-order chi connectivity index (χ0) is 32.3. The van der Waals surface area contributed by atoms with Gasteiger partial charge in [0.25, 0.3) is 0 Å². The van der Waals surface area contributed by atoms with Crippen molar-refractivity contribution in [1.82, 2.24) is 15.0 Å². The lowest BCUT2D eigenvalue weighted by molar-refractivity contribution is 1.07. The van der Waals surface area contributed by atoms with Crippen molar-refractivity contribution < 1.29 is 0 Å². The average Bonchev–Trinajstić information content (AvgIpc) is 3.55. The molecule has 0 saturated heterocycles. The van der Waals surface area contributed by atoms with Crippen LogP contribution >= 0.6 is 11.3 Å². The van der Waals surface area contributed by atoms with Crippen LogP contribution in [-0.2, 0) is 0 Å². The van der Waals surface area contributed by atoms with Gasteiger partial charge in [0.15, 0.2) is 17.5 Å². The van der Waals surface area contributed by atoms with Gasteiger partial charge in [-0.1, -0.05) is 133 Å². The van der Waals surface area contributed by atoms with Crippen molar-refractivity contribution in [2.24, 2.45) is 0 Å². The highest BCUT2D eigenvalue weighted by Gasteiger charge is 2.16. The number of nitrogens with zero attached hydrogens (tertiary/aromatic N) is 3. The van der Waals surface area contributed by atoms with Crippen LogP contribution in [0.5, 0.6) is 0 Å². The molecule has 0 spiro atoms. The molecule has 10 rings (SSSR count). The molecule has 4 heteroatoms. The molecule has 0 radical (unpaired) electrons. The van der Waals surface area contributed by atoms with E-state index in [1.807, 2.05) is 35.6 Å². The first-order valence-corrected chi connectivity index (χ1v) is 17.3. The van der Waals surface area contributed by atoms with Crippen LogP contribution in [0.1, 0.15) is 0 Å². The average molecular weight is 642 g/mol. The molecule has 0 amide bonds. The fraction of sp³-hybridized carbons (Fsp3) is 0. The van der Waals surface area contributed by atoms with Crippen molar-refractivity contribution in [1.29, 1.82) is 0 Å². The minimum Gasteiger partial charge on any atom is -0.208 e. The van der Waals surface area contributed by atoms with E-state index in [1.54, 1.807) is 0 Å². The molecule has 2 heterocycles. The van der Waals surface area contributed by atoms with Gasteiger partial charge in [-0.25, -0.2) is 15.0 Å². The second kappa shape index (κ2) is 11.2. The summed E-state index contributed by atoms with van der Waals surface area (Å²) in [4.78, 5) is 15.2. The first-order valence-electron chi connectivity index (χ1n) is 16.4. The lowest BCUT2D eigenvalue weighted by Gasteiger charge is -2.13. The molecule has 0 aliphatic rings. The first-order chi connectivity index (χ1) is 24.3. The normalized spacial score (nSPS) is 11.7. The standard InChI is InChI=1S/C45H27N3S/c1-3-12-28(13-4-1)30-16-11-17-31(24-30)44-46-43(29-14-5-2-6-15-29)47-45(48-44)32-22-23-35-37(25-32)33-18-7-8-19-34(33)38-26-40-36-20-9-10-21-41(36)49-42(40)27-39(35)38/h1-27H. The Morgan fingerprint density at radius 2 is 0.776 bits per heavy atom. The van der Waals surface area contributed by atoms with Crippen molar-refractivity contribution in [3.8, 4) is 45.3 Å². The number of thiophene rings is 1. The molecule has 228 valence electrons. The predicted octanol–water partition coefficient (Wildman–Crippen LogP) is 12.4. The molecular formula is C45H27N3S. The third-order valence-electron chi connectivity index (χ3n) is 9.49. The molecule has 0 aliphatic carbocycles. The number of benzene rings is 8. The van der Waals surface area contributed by atoms with Gasteiger partial charge in [0.1, 0.15) is 0 Å². The van der Waals surface area contributed by atoms with Gasteiger partial charge >= 0.3 is 0 Å². The maximum atomic E-state index is 5.13. The summed E-state index contributed by atoms with van der Waals surface area (Å²) < 4.78 is 2.62. The Labute approximate surface area is 286 Å². The molecule has 49 heavy (non-hydrogen) atoms. The van der Waals surface area contributed by atoms with Crippen LogP contribution in [0.4, 0.5) is 0 Å². The Morgan fingerprint density at radius 3 is 1.51 bits per heavy atom. The quantitative estimate of drug-likeness (QED) is 0.180. The summed E-state index contributed by atoms with van der Waals surface area (Å²) in [5, 5.41) is 10.1. The maximum absolute atomic E-state index is 5.13. The van der Waals surface area contributed by atoms with E-state index in [4.69, 9.17) is 15.0 Å². The second-order valence-corrected chi connectivity index (χ2v) is 13.5. The fourth-order valence-electron chi connectivity index (χ4n) is 7.13. The van der Waals surface area contributed by atoms with Crippen LogP contribution in [-0.4, -0.2) is 15.0 Å². The largest absolute Gasteiger partial charge is 0.208 e. The molecule has 0 aliphatic heterocycles. The summed E-state index contributed by atoms with van der Waals surface area (Å²) in [6, 6.07) is 58.0. The summed E-state index contributed by atoms with van der Waals surface area (Å²) in [6.07, 6.45) is 0. The molecule has 0 bridgehead atoms. The Balaban J connectivity index is 1.20. The van der Waals surface area contributed by atoms with E-state index in [2.05, 4.69) is 140 Å². The van der Waals surface area contributed by atoms with Crippen molar-refractivity contribution in [2.75, 3.05) is 0 Å². The van der Waals surface area contributed by atoms with Crippen molar-refractivity contribution in [2.45, 2.75) is 0 Å². The van der Waals surface area contributed by atoms with Crippen LogP contribution < -0.4 is 0 Å². The van der Waals surface area contributed by atoms with E-state index in [-0.39, 0.29) is 0 Å². The molecule has 0 saturated carbocycles. The van der Waals surface area contributed by atoms with Gasteiger partial charge in [0.05, 0.1) is 0 Å². The summed E-state index contributed by atoms with van der Waals surface area (Å²) in [5.74, 6) is 1.96. The van der Waals surface area contributed by atoms with E-state index in [0.717, 1.165) is 27.8 Å². The fourth-order valence-corrected chi connectivity index (χ4v) is 8.26. The molecular weight excluding hydrogens is 615 g/mol. The van der Waals surface area contributed by atoms with Gasteiger partial charge in [-0.2, -0.15) is 0 Å². The molecule has 0 fully saturated rings. The van der Waals surface area contributed by atoms with Crippen LogP contribution in [0.15, 0.2) is 164 Å². The monoisotopic (exact) mass is 641 g/mol. The Bertz CT molecular complexity index is 2880. The molecule has 2 aromatic heterocycles. The molecule has 8 aromatic carbocycles. The van der Waals surface area contributed by atoms with E-state index in [9.17, 15) is 0 Å². The molecule has 0 atom stereocenters. The third kappa shape index (κ3) is 4.68. The minimum atomic E-state index is 0.650. The van der Waals surface area contributed by atoms with Crippen molar-refractivity contribution in [3.63, 3.8) is 0 Å². The van der Waals surface area contributed by atoms with E-state index < -0.39 is 0 Å². The number of fused-ring (bicyclic) bond motifs is 9. The maximum Gasteiger partial charge on any atom is 0.164 e. The Kier molecular flexibility index (Phi) is 6.36. The van der Waals surface area contributed by atoms with E-state index in [1.165, 1.54) is 52.5 Å².